The van der Waals surface area contributed by atoms with E-state index in [2.05, 4.69) is 20.9 Å². The zero-order chi connectivity index (χ0) is 7.82. The summed E-state index contributed by atoms with van der Waals surface area (Å²) in [5, 5.41) is 0. The van der Waals surface area contributed by atoms with Crippen molar-refractivity contribution in [3.05, 3.63) is 0 Å². The van der Waals surface area contributed by atoms with Gasteiger partial charge >= 0.3 is 8.25 Å². The largest absolute Gasteiger partial charge is 0.320 e. The Labute approximate surface area is 60.7 Å². The van der Waals surface area contributed by atoms with Gasteiger partial charge in [-0.1, -0.05) is 11.8 Å². The molecule has 0 saturated heterocycles. The lowest BCUT2D eigenvalue weighted by molar-refractivity contribution is 0.267. The van der Waals surface area contributed by atoms with E-state index in [1.807, 2.05) is 0 Å². The molecule has 0 aromatic rings. The molecule has 3 nitrogen and oxygen atoms in total. The highest BCUT2D eigenvalue weighted by Gasteiger charge is 1.94. The Balaban J connectivity index is 3.30. The van der Waals surface area contributed by atoms with Crippen molar-refractivity contribution in [1.82, 2.24) is 0 Å². The van der Waals surface area contributed by atoms with Gasteiger partial charge in [0.05, 0.1) is 0 Å². The Hall–Kier alpha value is -0.730. The van der Waals surface area contributed by atoms with Gasteiger partial charge in [-0.25, -0.2) is 0 Å². The molecule has 4 heteroatoms. The molecule has 0 bridgehead atoms. The fraction of sp³-hybridized carbons (Fsp3) is 0.333. The van der Waals surface area contributed by atoms with Crippen LogP contribution in [0.4, 0.5) is 0 Å². The lowest BCUT2D eigenvalue weighted by Crippen LogP contribution is -1.85. The first-order valence-electron chi connectivity index (χ1n) is 2.47. The van der Waals surface area contributed by atoms with Crippen LogP contribution in [0.1, 0.15) is 0 Å². The first-order chi connectivity index (χ1) is 4.81. The summed E-state index contributed by atoms with van der Waals surface area (Å²) >= 11 is 0. The van der Waals surface area contributed by atoms with E-state index in [4.69, 9.17) is 12.8 Å². The summed E-state index contributed by atoms with van der Waals surface area (Å²) in [7, 11) is -2.45. The Morgan fingerprint density at radius 3 is 1.90 bits per heavy atom. The van der Waals surface area contributed by atoms with Gasteiger partial charge in [0, 0.05) is 0 Å². The molecule has 0 saturated carbocycles. The normalized spacial score (nSPS) is 8.70. The maximum absolute atomic E-state index is 10.5. The van der Waals surface area contributed by atoms with Crippen molar-refractivity contribution < 1.29 is 13.6 Å². The Bertz CT molecular complexity index is 166. The van der Waals surface area contributed by atoms with Gasteiger partial charge in [0.2, 0.25) is 0 Å². The predicted molar refractivity (Wildman–Crippen MR) is 38.6 cm³/mol. The van der Waals surface area contributed by atoms with Gasteiger partial charge in [0.25, 0.3) is 0 Å². The highest BCUT2D eigenvalue weighted by atomic mass is 31.1. The van der Waals surface area contributed by atoms with E-state index in [1.54, 1.807) is 0 Å². The van der Waals surface area contributed by atoms with E-state index in [0.29, 0.717) is 0 Å². The molecule has 0 aliphatic carbocycles. The van der Waals surface area contributed by atoms with Crippen LogP contribution < -0.4 is 0 Å². The molecular weight excluding hydrogens is 151 g/mol. The highest BCUT2D eigenvalue weighted by Crippen LogP contribution is 2.21. The third-order valence-electron chi connectivity index (χ3n) is 0.547. The second kappa shape index (κ2) is 6.39. The second-order valence-corrected chi connectivity index (χ2v) is 2.31. The van der Waals surface area contributed by atoms with Gasteiger partial charge in [0.1, 0.15) is 13.2 Å². The minimum Gasteiger partial charge on any atom is -0.298 e. The number of terminal acetylenes is 2. The first kappa shape index (κ1) is 9.27. The molecule has 0 N–H and O–H groups in total. The van der Waals surface area contributed by atoms with Crippen molar-refractivity contribution in [3.8, 4) is 24.7 Å². The Kier molecular flexibility index (Phi) is 5.92. The monoisotopic (exact) mass is 158 g/mol. The first-order valence-corrected chi connectivity index (χ1v) is 3.70. The average molecular weight is 158 g/mol. The molecule has 10 heavy (non-hydrogen) atoms. The average Bonchev–Trinajstić information content (AvgIpc) is 1.97. The molecule has 0 radical (unpaired) electrons. The number of hydrogen-bond donors (Lipinski definition) is 0. The standard InChI is InChI=1S/C6H7O3P/c1-3-5-8-10(7)9-6-4-2/h1-2,10H,5-6H2. The van der Waals surface area contributed by atoms with E-state index in [9.17, 15) is 4.57 Å². The quantitative estimate of drug-likeness (QED) is 0.445. The summed E-state index contributed by atoms with van der Waals surface area (Å²) in [4.78, 5) is 0. The fourth-order valence-corrected chi connectivity index (χ4v) is 0.729. The van der Waals surface area contributed by atoms with Crippen LogP contribution in [0, 0.1) is 24.7 Å². The van der Waals surface area contributed by atoms with E-state index >= 15 is 0 Å². The summed E-state index contributed by atoms with van der Waals surface area (Å²) in [5.74, 6) is 4.29. The van der Waals surface area contributed by atoms with E-state index in [0.717, 1.165) is 0 Å². The maximum Gasteiger partial charge on any atom is 0.320 e. The zero-order valence-corrected chi connectivity index (χ0v) is 6.29. The Morgan fingerprint density at radius 2 is 1.60 bits per heavy atom. The van der Waals surface area contributed by atoms with Crippen molar-refractivity contribution in [2.45, 2.75) is 0 Å². The number of rotatable bonds is 4. The lowest BCUT2D eigenvalue weighted by atomic mass is 10.8. The van der Waals surface area contributed by atoms with Gasteiger partial charge in [-0.3, -0.25) is 13.6 Å². The van der Waals surface area contributed by atoms with Crippen LogP contribution in [-0.2, 0) is 13.6 Å². The highest BCUT2D eigenvalue weighted by molar-refractivity contribution is 7.33. The molecule has 0 aromatic heterocycles. The minimum absolute atomic E-state index is 0.0115. The molecule has 0 amide bonds. The van der Waals surface area contributed by atoms with Crippen molar-refractivity contribution in [2.75, 3.05) is 13.2 Å². The summed E-state index contributed by atoms with van der Waals surface area (Å²) in [5.41, 5.74) is 0. The third-order valence-corrected chi connectivity index (χ3v) is 1.31. The summed E-state index contributed by atoms with van der Waals surface area (Å²) in [6.45, 7) is -0.0231. The van der Waals surface area contributed by atoms with Crippen molar-refractivity contribution in [3.63, 3.8) is 0 Å². The molecule has 54 valence electrons. The van der Waals surface area contributed by atoms with Crippen LogP contribution in [0.2, 0.25) is 0 Å². The lowest BCUT2D eigenvalue weighted by Gasteiger charge is -1.97. The van der Waals surface area contributed by atoms with Crippen LogP contribution in [0.25, 0.3) is 0 Å². The third kappa shape index (κ3) is 5.41. The number of hydrogen-bond acceptors (Lipinski definition) is 3. The van der Waals surface area contributed by atoms with Crippen molar-refractivity contribution in [1.29, 1.82) is 0 Å². The van der Waals surface area contributed by atoms with Gasteiger partial charge in [0.15, 0.2) is 0 Å². The molecule has 0 fully saturated rings. The van der Waals surface area contributed by atoms with Gasteiger partial charge in [-0.2, -0.15) is 0 Å². The fourth-order valence-electron chi connectivity index (χ4n) is 0.243. The minimum atomic E-state index is -2.45. The van der Waals surface area contributed by atoms with Gasteiger partial charge in [-0.05, 0) is 0 Å². The van der Waals surface area contributed by atoms with Crippen LogP contribution in [0.5, 0.6) is 0 Å². The van der Waals surface area contributed by atoms with Crippen molar-refractivity contribution >= 4 is 8.25 Å². The molecule has 0 aliphatic heterocycles. The molecular formula is C6H7O3P. The van der Waals surface area contributed by atoms with Crippen LogP contribution in [-0.4, -0.2) is 13.2 Å². The topological polar surface area (TPSA) is 35.5 Å². The predicted octanol–water partition coefficient (Wildman–Crippen LogP) is 0.676. The summed E-state index contributed by atoms with van der Waals surface area (Å²) < 4.78 is 19.5. The van der Waals surface area contributed by atoms with Crippen LogP contribution >= 0.6 is 8.25 Å². The smallest absolute Gasteiger partial charge is 0.298 e. The molecule has 0 heterocycles. The molecule has 0 spiro atoms. The zero-order valence-electron chi connectivity index (χ0n) is 5.29. The molecule has 0 aromatic carbocycles. The Morgan fingerprint density at radius 1 is 1.20 bits per heavy atom. The molecule has 0 rings (SSSR count). The van der Waals surface area contributed by atoms with Crippen LogP contribution in [0.3, 0.4) is 0 Å². The van der Waals surface area contributed by atoms with E-state index in [1.165, 1.54) is 0 Å². The summed E-state index contributed by atoms with van der Waals surface area (Å²) in [6.07, 6.45) is 9.62. The maximum atomic E-state index is 10.5. The van der Waals surface area contributed by atoms with Gasteiger partial charge < -0.3 is 0 Å². The SMILES string of the molecule is C#CCO[PH](=O)OCC#C. The van der Waals surface area contributed by atoms with Crippen molar-refractivity contribution in [2.24, 2.45) is 0 Å². The molecule has 0 unspecified atom stereocenters. The second-order valence-electron chi connectivity index (χ2n) is 1.24. The van der Waals surface area contributed by atoms with Crippen LogP contribution in [0.15, 0.2) is 0 Å². The molecule has 0 atom stereocenters. The van der Waals surface area contributed by atoms with Gasteiger partial charge in [-0.15, -0.1) is 12.8 Å². The van der Waals surface area contributed by atoms with E-state index < -0.39 is 8.25 Å². The summed E-state index contributed by atoms with van der Waals surface area (Å²) in [6, 6.07) is 0. The van der Waals surface area contributed by atoms with E-state index in [-0.39, 0.29) is 13.2 Å². The molecule has 0 aliphatic rings.